The molecule has 2 saturated heterocycles. The number of aromatic nitrogens is 1. The number of carbonyl (C=O) groups excluding carboxylic acids is 11. The molecule has 2 aliphatic heterocycles. The number of carboxylic acid groups (broad SMARTS) is 1. The number of amides is 11. The molecule has 3 fully saturated rings. The zero-order valence-electron chi connectivity index (χ0n) is 57.3. The van der Waals surface area contributed by atoms with Gasteiger partial charge in [-0.05, 0) is 118 Å². The standard InChI is InChI=1S/C69H96N16O15S2/c1-39(70)32-57(88)85-31-11-17-55(85)67(98)80-50(33-40-19-23-44(86)24-20-40)64(95)83-54-38-102-101-37-53(60(71)91)82-62(93)49(27-28-58(89)90)79-65(96)52(35-43-36-76-47-15-8-7-14-46(43)47)77-56(87)18-4-3-9-29-74-61(92)48(16-10-30-75-69(72)73)78-63(94)51(34-41-21-25-45(100-2)26-22-41)81-68(99)59(84-66(54)97)42-12-5-6-13-42/h7-8,14-15,19-26,36,39,42,48-55,59,76,86H,3-6,9-13,16-18,27-35,37-38,70H2,1-2H3,(H2,71,91)(H,74,92)(H,77,87)(H,78,94)(H,79,96)(H,80,98)(H,81,99)(H,82,93)(H,83,95)(H,84,97)(H,89,90)(H4,72,73,75)/t39-,48+,49+,50+,51+,52+,53+,54+,55+,59+/m1/s1. The van der Waals surface area contributed by atoms with E-state index in [-0.39, 0.29) is 100 Å². The Morgan fingerprint density at radius 2 is 1.36 bits per heavy atom. The number of carbonyl (C=O) groups is 12. The van der Waals surface area contributed by atoms with Crippen molar-refractivity contribution in [3.8, 4) is 11.5 Å². The van der Waals surface area contributed by atoms with Crippen LogP contribution in [0.15, 0.2) is 84.0 Å². The Morgan fingerprint density at radius 1 is 0.706 bits per heavy atom. The second-order valence-corrected chi connectivity index (χ2v) is 28.4. The van der Waals surface area contributed by atoms with E-state index in [4.69, 9.17) is 27.7 Å². The van der Waals surface area contributed by atoms with Gasteiger partial charge in [0, 0.05) is 92.8 Å². The van der Waals surface area contributed by atoms with Crippen molar-refractivity contribution in [1.29, 1.82) is 0 Å². The number of nitrogens with two attached hydrogens (primary N) is 4. The molecule has 3 aromatic carbocycles. The molecule has 3 heterocycles. The Morgan fingerprint density at radius 3 is 2.04 bits per heavy atom. The van der Waals surface area contributed by atoms with Gasteiger partial charge in [-0.2, -0.15) is 0 Å². The Bertz CT molecular complexity index is 3590. The van der Waals surface area contributed by atoms with Crippen molar-refractivity contribution >= 4 is 109 Å². The van der Waals surface area contributed by atoms with Gasteiger partial charge in [0.1, 0.15) is 65.9 Å². The van der Waals surface area contributed by atoms with Gasteiger partial charge in [-0.15, -0.1) is 0 Å². The van der Waals surface area contributed by atoms with Crippen molar-refractivity contribution in [2.75, 3.05) is 38.2 Å². The molecule has 11 amide bonds. The van der Waals surface area contributed by atoms with Crippen LogP contribution in [0, 0.1) is 5.92 Å². The van der Waals surface area contributed by atoms with Gasteiger partial charge in [-0.25, -0.2) is 0 Å². The lowest BCUT2D eigenvalue weighted by molar-refractivity contribution is -0.140. The molecule has 1 aliphatic carbocycles. The van der Waals surface area contributed by atoms with Gasteiger partial charge in [0.2, 0.25) is 65.0 Å². The zero-order chi connectivity index (χ0) is 73.8. The van der Waals surface area contributed by atoms with Crippen LogP contribution < -0.4 is 75.5 Å². The molecule has 31 nitrogen and oxygen atoms in total. The van der Waals surface area contributed by atoms with Crippen molar-refractivity contribution in [2.24, 2.45) is 33.8 Å². The normalized spacial score (nSPS) is 22.9. The maximum Gasteiger partial charge on any atom is 0.303 e. The predicted octanol–water partition coefficient (Wildman–Crippen LogP) is 0.182. The maximum atomic E-state index is 15.3. The number of nitrogens with one attached hydrogen (secondary N) is 10. The first kappa shape index (κ1) is 79.7. The number of aliphatic carboxylic acids is 1. The smallest absolute Gasteiger partial charge is 0.303 e. The van der Waals surface area contributed by atoms with Crippen LogP contribution in [0.4, 0.5) is 0 Å². The van der Waals surface area contributed by atoms with Crippen LogP contribution in [-0.2, 0) is 76.8 Å². The summed E-state index contributed by atoms with van der Waals surface area (Å²) >= 11 is 0. The van der Waals surface area contributed by atoms with Crippen molar-refractivity contribution < 1.29 is 72.5 Å². The summed E-state index contributed by atoms with van der Waals surface area (Å²) in [6, 6.07) is 6.95. The Labute approximate surface area is 599 Å². The average Bonchev–Trinajstić information content (AvgIpc) is 1.62. The fraction of sp³-hybridized carbons (Fsp3) is 0.522. The zero-order valence-corrected chi connectivity index (χ0v) is 59.0. The van der Waals surface area contributed by atoms with E-state index in [1.54, 1.807) is 43.5 Å². The highest BCUT2D eigenvalue weighted by atomic mass is 33.1. The van der Waals surface area contributed by atoms with Gasteiger partial charge in [0.15, 0.2) is 5.96 Å². The maximum absolute atomic E-state index is 15.3. The molecule has 20 N–H and O–H groups in total. The average molecular weight is 1450 g/mol. The Kier molecular flexibility index (Phi) is 31.3. The van der Waals surface area contributed by atoms with Gasteiger partial charge in [-0.1, -0.05) is 83.3 Å². The number of phenolic OH excluding ortho intramolecular Hbond substituents is 1. The van der Waals surface area contributed by atoms with E-state index in [0.717, 1.165) is 32.5 Å². The first-order valence-electron chi connectivity index (χ1n) is 34.4. The number of hydrogen-bond donors (Lipinski definition) is 16. The Balaban J connectivity index is 1.24. The number of H-pyrrole nitrogens is 1. The predicted molar refractivity (Wildman–Crippen MR) is 383 cm³/mol. The van der Waals surface area contributed by atoms with Crippen LogP contribution in [0.1, 0.15) is 120 Å². The quantitative estimate of drug-likeness (QED) is 0.0216. The molecule has 554 valence electrons. The fourth-order valence-electron chi connectivity index (χ4n) is 12.4. The van der Waals surface area contributed by atoms with E-state index < -0.39 is 144 Å². The van der Waals surface area contributed by atoms with Crippen LogP contribution in [0.2, 0.25) is 0 Å². The van der Waals surface area contributed by atoms with Crippen molar-refractivity contribution in [3.63, 3.8) is 0 Å². The second-order valence-electron chi connectivity index (χ2n) is 25.9. The number of guanidine groups is 1. The lowest BCUT2D eigenvalue weighted by Crippen LogP contribution is -2.61. The molecule has 10 atom stereocenters. The number of rotatable bonds is 22. The molecule has 0 unspecified atom stereocenters. The lowest BCUT2D eigenvalue weighted by Gasteiger charge is -2.30. The summed E-state index contributed by atoms with van der Waals surface area (Å²) in [5.74, 6) is -10.6. The van der Waals surface area contributed by atoms with Gasteiger partial charge in [-0.3, -0.25) is 62.5 Å². The van der Waals surface area contributed by atoms with E-state index >= 15 is 14.4 Å². The molecule has 0 spiro atoms. The number of ether oxygens (including phenoxy) is 1. The first-order valence-corrected chi connectivity index (χ1v) is 36.9. The number of aromatic hydroxyl groups is 1. The molecule has 0 bridgehead atoms. The van der Waals surface area contributed by atoms with E-state index in [0.29, 0.717) is 73.8 Å². The summed E-state index contributed by atoms with van der Waals surface area (Å²) in [4.78, 5) is 179. The number of aromatic amines is 1. The highest BCUT2D eigenvalue weighted by molar-refractivity contribution is 8.76. The number of fused-ring (bicyclic) bond motifs is 1. The van der Waals surface area contributed by atoms with Gasteiger partial charge in [0.25, 0.3) is 0 Å². The molecule has 1 aromatic heterocycles. The van der Waals surface area contributed by atoms with E-state index in [2.05, 4.69) is 57.8 Å². The van der Waals surface area contributed by atoms with Crippen LogP contribution in [0.5, 0.6) is 11.5 Å². The molecule has 33 heteroatoms. The van der Waals surface area contributed by atoms with E-state index in [1.165, 1.54) is 36.3 Å². The first-order chi connectivity index (χ1) is 48.8. The number of carboxylic acids is 1. The number of hydrogen-bond acceptors (Lipinski definition) is 18. The molecule has 4 aromatic rings. The number of benzene rings is 3. The molecule has 102 heavy (non-hydrogen) atoms. The second kappa shape index (κ2) is 40.1. The van der Waals surface area contributed by atoms with Crippen LogP contribution >= 0.6 is 21.6 Å². The van der Waals surface area contributed by atoms with Crippen molar-refractivity contribution in [3.05, 3.63) is 95.7 Å². The number of phenols is 1. The third-order valence-electron chi connectivity index (χ3n) is 17.9. The van der Waals surface area contributed by atoms with E-state index in [1.807, 2.05) is 18.2 Å². The van der Waals surface area contributed by atoms with Crippen LogP contribution in [-0.4, -0.2) is 196 Å². The van der Waals surface area contributed by atoms with Gasteiger partial charge in [0.05, 0.1) is 7.11 Å². The minimum atomic E-state index is -1.59. The van der Waals surface area contributed by atoms with Gasteiger partial charge < -0.3 is 95.6 Å². The summed E-state index contributed by atoms with van der Waals surface area (Å²) in [5, 5.41) is 45.7. The Hall–Kier alpha value is -9.63. The number of likely N-dealkylation sites (tertiary alicyclic amines) is 1. The summed E-state index contributed by atoms with van der Waals surface area (Å²) in [5.41, 5.74) is 25.5. The number of primary amides is 1. The third-order valence-corrected chi connectivity index (χ3v) is 20.3. The number of para-hydroxylation sites is 1. The molecule has 0 radical (unpaired) electrons. The van der Waals surface area contributed by atoms with Gasteiger partial charge >= 0.3 is 5.97 Å². The van der Waals surface area contributed by atoms with Crippen LogP contribution in [0.3, 0.4) is 0 Å². The SMILES string of the molecule is COc1ccc(C[C@@H]2NC(=O)[C@H](C3CCCC3)NC(=O)[C@@H](NC(=O)[C@H](Cc3ccc(O)cc3)NC(=O)[C@@H]3CCCN3C(=O)C[C@@H](C)N)CSSC[C@@H](C(N)=O)NC(=O)[C@H](CCC(=O)O)NC(=O)[C@H](Cc3c[nH]c4ccccc34)NC(=O)CCCCCNC(=O)[C@H](CCCN=C(N)N)NC2=O)cc1. The molecular formula is C69H96N16O15S2. The monoisotopic (exact) mass is 1450 g/mol. The summed E-state index contributed by atoms with van der Waals surface area (Å²) in [6.45, 7) is 2.11. The summed E-state index contributed by atoms with van der Waals surface area (Å²) < 4.78 is 5.38. The van der Waals surface area contributed by atoms with Crippen molar-refractivity contribution in [1.82, 2.24) is 57.7 Å². The number of nitrogens with zero attached hydrogens (tertiary/aromatic N) is 2. The van der Waals surface area contributed by atoms with E-state index in [9.17, 15) is 53.4 Å². The minimum Gasteiger partial charge on any atom is -0.508 e. The molecule has 7 rings (SSSR count). The van der Waals surface area contributed by atoms with Crippen LogP contribution in [0.25, 0.3) is 10.9 Å². The highest BCUT2D eigenvalue weighted by Crippen LogP contribution is 2.30. The fourth-order valence-corrected chi connectivity index (χ4v) is 14.8. The molecule has 3 aliphatic rings. The molecular weight excluding hydrogens is 1360 g/mol. The highest BCUT2D eigenvalue weighted by Gasteiger charge is 2.40. The number of methoxy groups -OCH3 is 1. The topological polar surface area (TPSA) is 498 Å². The van der Waals surface area contributed by atoms with Crippen molar-refractivity contribution in [2.45, 2.75) is 183 Å². The third kappa shape index (κ3) is 25.2. The number of aliphatic imine (C=N–C) groups is 1. The summed E-state index contributed by atoms with van der Waals surface area (Å²) in [7, 11) is 3.34. The minimum absolute atomic E-state index is 0.0374. The largest absolute Gasteiger partial charge is 0.508 e. The lowest BCUT2D eigenvalue weighted by atomic mass is 9.95. The summed E-state index contributed by atoms with van der Waals surface area (Å²) in [6.07, 6.45) is 4.42. The molecule has 1 saturated carbocycles.